The Morgan fingerprint density at radius 3 is 2.65 bits per heavy atom. The van der Waals surface area contributed by atoms with Gasteiger partial charge >= 0.3 is 0 Å². The van der Waals surface area contributed by atoms with Crippen LogP contribution in [-0.2, 0) is 21.2 Å². The number of sulfonamides is 1. The zero-order chi connectivity index (χ0) is 18.9. The number of hydrogen-bond acceptors (Lipinski definition) is 4. The Labute approximate surface area is 153 Å². The molecule has 0 aromatic heterocycles. The predicted molar refractivity (Wildman–Crippen MR) is 99.9 cm³/mol. The van der Waals surface area contributed by atoms with Gasteiger partial charge in [0.25, 0.3) is 0 Å². The van der Waals surface area contributed by atoms with Gasteiger partial charge in [-0.3, -0.25) is 4.79 Å². The third kappa shape index (κ3) is 3.73. The van der Waals surface area contributed by atoms with Gasteiger partial charge in [0.1, 0.15) is 5.75 Å². The summed E-state index contributed by atoms with van der Waals surface area (Å²) < 4.78 is 33.7. The quantitative estimate of drug-likeness (QED) is 0.843. The van der Waals surface area contributed by atoms with Crippen molar-refractivity contribution in [3.63, 3.8) is 0 Å². The molecule has 2 aromatic carbocycles. The van der Waals surface area contributed by atoms with Crippen molar-refractivity contribution in [2.45, 2.75) is 37.6 Å². The molecule has 0 unspecified atom stereocenters. The molecule has 2 N–H and O–H groups in total. The fraction of sp³-hybridized carbons (Fsp3) is 0.316. The topological polar surface area (TPSA) is 84.5 Å². The number of carbonyl (C=O) groups is 1. The summed E-state index contributed by atoms with van der Waals surface area (Å²) in [5, 5.41) is 2.76. The van der Waals surface area contributed by atoms with Crippen LogP contribution in [0.3, 0.4) is 0 Å². The lowest BCUT2D eigenvalue weighted by Crippen LogP contribution is -2.28. The van der Waals surface area contributed by atoms with Crippen molar-refractivity contribution in [2.75, 3.05) is 12.4 Å². The summed E-state index contributed by atoms with van der Waals surface area (Å²) in [5.74, 6) is 0.588. The minimum atomic E-state index is -3.71. The summed E-state index contributed by atoms with van der Waals surface area (Å²) in [7, 11) is -2.15. The summed E-state index contributed by atoms with van der Waals surface area (Å²) >= 11 is 0. The number of aryl methyl sites for hydroxylation is 2. The molecule has 0 radical (unpaired) electrons. The summed E-state index contributed by atoms with van der Waals surface area (Å²) in [4.78, 5) is 11.6. The number of methoxy groups -OCH3 is 1. The first-order chi connectivity index (χ1) is 12.3. The van der Waals surface area contributed by atoms with Crippen LogP contribution >= 0.6 is 0 Å². The molecule has 2 aromatic rings. The average molecular weight is 374 g/mol. The number of benzene rings is 2. The molecule has 1 aliphatic rings. The number of anilines is 1. The van der Waals surface area contributed by atoms with E-state index in [-0.39, 0.29) is 10.8 Å². The van der Waals surface area contributed by atoms with E-state index >= 15 is 0 Å². The first-order valence-electron chi connectivity index (χ1n) is 8.40. The van der Waals surface area contributed by atoms with Crippen molar-refractivity contribution in [2.24, 2.45) is 0 Å². The molecule has 0 saturated carbocycles. The highest BCUT2D eigenvalue weighted by atomic mass is 32.2. The zero-order valence-corrected chi connectivity index (χ0v) is 15.8. The Morgan fingerprint density at radius 2 is 1.92 bits per heavy atom. The maximum Gasteiger partial charge on any atom is 0.241 e. The fourth-order valence-electron chi connectivity index (χ4n) is 3.08. The lowest BCUT2D eigenvalue weighted by Gasteiger charge is -2.20. The van der Waals surface area contributed by atoms with E-state index in [2.05, 4.69) is 10.0 Å². The molecule has 26 heavy (non-hydrogen) atoms. The van der Waals surface area contributed by atoms with Crippen molar-refractivity contribution in [1.29, 1.82) is 0 Å². The molecule has 0 fully saturated rings. The van der Waals surface area contributed by atoms with Gasteiger partial charge in [-0.05, 0) is 50.1 Å². The molecular weight excluding hydrogens is 352 g/mol. The number of nitrogens with one attached hydrogen (secondary N) is 2. The van der Waals surface area contributed by atoms with Crippen LogP contribution in [0.25, 0.3) is 0 Å². The van der Waals surface area contributed by atoms with Crippen molar-refractivity contribution in [3.8, 4) is 5.75 Å². The minimum absolute atomic E-state index is 0.0496. The highest BCUT2D eigenvalue weighted by Crippen LogP contribution is 2.29. The van der Waals surface area contributed by atoms with Gasteiger partial charge in [-0.25, -0.2) is 13.1 Å². The number of hydrogen-bond donors (Lipinski definition) is 2. The van der Waals surface area contributed by atoms with Crippen molar-refractivity contribution < 1.29 is 17.9 Å². The molecule has 138 valence electrons. The number of fused-ring (bicyclic) bond motifs is 1. The standard InChI is InChI=1S/C19H22N2O4S/c1-12-4-8-18(25-3)16(10-12)13(2)21-26(23,24)15-6-7-17-14(11-15)5-9-19(22)20-17/h4,6-8,10-11,13,21H,5,9H2,1-3H3,(H,20,22)/t13-/m0/s1. The van der Waals surface area contributed by atoms with Gasteiger partial charge in [0.05, 0.1) is 12.0 Å². The maximum absolute atomic E-state index is 12.8. The zero-order valence-electron chi connectivity index (χ0n) is 15.0. The number of amides is 1. The van der Waals surface area contributed by atoms with Crippen LogP contribution in [0, 0.1) is 6.92 Å². The molecule has 0 spiro atoms. The monoisotopic (exact) mass is 374 g/mol. The highest BCUT2D eigenvalue weighted by Gasteiger charge is 2.23. The van der Waals surface area contributed by atoms with Crippen molar-refractivity contribution in [3.05, 3.63) is 53.1 Å². The minimum Gasteiger partial charge on any atom is -0.496 e. The second-order valence-corrected chi connectivity index (χ2v) is 8.17. The highest BCUT2D eigenvalue weighted by molar-refractivity contribution is 7.89. The van der Waals surface area contributed by atoms with Gasteiger partial charge in [-0.2, -0.15) is 0 Å². The van der Waals surface area contributed by atoms with E-state index in [4.69, 9.17) is 4.74 Å². The van der Waals surface area contributed by atoms with E-state index in [1.165, 1.54) is 6.07 Å². The third-order valence-electron chi connectivity index (χ3n) is 4.47. The Bertz CT molecular complexity index is 954. The van der Waals surface area contributed by atoms with E-state index in [9.17, 15) is 13.2 Å². The predicted octanol–water partition coefficient (Wildman–Crippen LogP) is 2.93. The molecule has 1 aliphatic heterocycles. The molecule has 0 saturated heterocycles. The Kier molecular flexibility index (Phi) is 5.02. The van der Waals surface area contributed by atoms with Gasteiger partial charge in [-0.15, -0.1) is 0 Å². The van der Waals surface area contributed by atoms with E-state index < -0.39 is 16.1 Å². The normalized spacial score (nSPS) is 15.1. The van der Waals surface area contributed by atoms with Gasteiger partial charge in [0, 0.05) is 23.7 Å². The smallest absolute Gasteiger partial charge is 0.241 e. The van der Waals surface area contributed by atoms with Crippen molar-refractivity contribution in [1.82, 2.24) is 4.72 Å². The van der Waals surface area contributed by atoms with Crippen LogP contribution in [-0.4, -0.2) is 21.4 Å². The second-order valence-electron chi connectivity index (χ2n) is 6.46. The Hall–Kier alpha value is -2.38. The summed E-state index contributed by atoms with van der Waals surface area (Å²) in [6.45, 7) is 3.73. The van der Waals surface area contributed by atoms with Crippen molar-refractivity contribution >= 4 is 21.6 Å². The molecule has 1 heterocycles. The number of carbonyl (C=O) groups excluding carboxylic acids is 1. The van der Waals surface area contributed by atoms with Crippen LogP contribution in [0.5, 0.6) is 5.75 Å². The number of ether oxygens (including phenoxy) is 1. The SMILES string of the molecule is COc1ccc(C)cc1[C@H](C)NS(=O)(=O)c1ccc2c(c1)CCC(=O)N2. The van der Waals surface area contributed by atoms with Gasteiger partial charge in [-0.1, -0.05) is 17.7 Å². The van der Waals surface area contributed by atoms with E-state index in [0.29, 0.717) is 24.3 Å². The van der Waals surface area contributed by atoms with Crippen LogP contribution < -0.4 is 14.8 Å². The largest absolute Gasteiger partial charge is 0.496 e. The molecule has 1 atom stereocenters. The van der Waals surface area contributed by atoms with Crippen LogP contribution in [0.1, 0.15) is 36.1 Å². The molecular formula is C19H22N2O4S. The molecule has 6 nitrogen and oxygen atoms in total. The fourth-order valence-corrected chi connectivity index (χ4v) is 4.36. The molecule has 0 aliphatic carbocycles. The number of rotatable bonds is 5. The second kappa shape index (κ2) is 7.09. The maximum atomic E-state index is 12.8. The molecule has 0 bridgehead atoms. The first-order valence-corrected chi connectivity index (χ1v) is 9.88. The first kappa shape index (κ1) is 18.4. The summed E-state index contributed by atoms with van der Waals surface area (Å²) in [6, 6.07) is 9.97. The summed E-state index contributed by atoms with van der Waals surface area (Å²) in [6.07, 6.45) is 0.895. The van der Waals surface area contributed by atoms with Crippen LogP contribution in [0.15, 0.2) is 41.3 Å². The third-order valence-corrected chi connectivity index (χ3v) is 6.00. The van der Waals surface area contributed by atoms with Gasteiger partial charge in [0.15, 0.2) is 0 Å². The average Bonchev–Trinajstić information content (AvgIpc) is 2.60. The van der Waals surface area contributed by atoms with Crippen LogP contribution in [0.4, 0.5) is 5.69 Å². The Balaban J connectivity index is 1.87. The van der Waals surface area contributed by atoms with E-state index in [0.717, 1.165) is 16.7 Å². The molecule has 3 rings (SSSR count). The van der Waals surface area contributed by atoms with Crippen LogP contribution in [0.2, 0.25) is 0 Å². The lowest BCUT2D eigenvalue weighted by atomic mass is 10.0. The van der Waals surface area contributed by atoms with Gasteiger partial charge in [0.2, 0.25) is 15.9 Å². The lowest BCUT2D eigenvalue weighted by molar-refractivity contribution is -0.116. The molecule has 1 amide bonds. The van der Waals surface area contributed by atoms with E-state index in [1.807, 2.05) is 25.1 Å². The Morgan fingerprint density at radius 1 is 1.15 bits per heavy atom. The molecule has 7 heteroatoms. The van der Waals surface area contributed by atoms with Gasteiger partial charge < -0.3 is 10.1 Å². The summed E-state index contributed by atoms with van der Waals surface area (Å²) in [5.41, 5.74) is 3.31. The van der Waals surface area contributed by atoms with E-state index in [1.54, 1.807) is 26.2 Å².